The number of pyridine rings is 1. The van der Waals surface area contributed by atoms with Crippen molar-refractivity contribution in [1.82, 2.24) is 20.0 Å². The smallest absolute Gasteiger partial charge is 0.358 e. The van der Waals surface area contributed by atoms with E-state index in [0.29, 0.717) is 22.5 Å². The molecule has 0 saturated carbocycles. The van der Waals surface area contributed by atoms with Gasteiger partial charge in [-0.25, -0.2) is 13.9 Å². The lowest BCUT2D eigenvalue weighted by atomic mass is 10.1. The maximum Gasteiger partial charge on any atom is 0.358 e. The maximum atomic E-state index is 13.3. The highest BCUT2D eigenvalue weighted by Crippen LogP contribution is 2.26. The molecule has 7 heteroatoms. The molecule has 3 rings (SSSR count). The van der Waals surface area contributed by atoms with Gasteiger partial charge >= 0.3 is 5.97 Å². The third kappa shape index (κ3) is 2.32. The molecule has 1 N–H and O–H groups in total. The largest absolute Gasteiger partial charge is 0.476 e. The fourth-order valence-corrected chi connectivity index (χ4v) is 2.21. The van der Waals surface area contributed by atoms with Crippen molar-refractivity contribution in [2.75, 3.05) is 0 Å². The van der Waals surface area contributed by atoms with Gasteiger partial charge in [0.2, 0.25) is 0 Å². The van der Waals surface area contributed by atoms with Crippen LogP contribution in [0.5, 0.6) is 0 Å². The van der Waals surface area contributed by atoms with Gasteiger partial charge in [-0.15, -0.1) is 5.10 Å². The molecule has 3 aromatic rings. The fraction of sp³-hybridized carbons (Fsp3) is 0.0667. The quantitative estimate of drug-likeness (QED) is 0.803. The summed E-state index contributed by atoms with van der Waals surface area (Å²) in [7, 11) is 0. The van der Waals surface area contributed by atoms with E-state index in [-0.39, 0.29) is 11.5 Å². The number of hydrogen-bond acceptors (Lipinski definition) is 4. The number of halogens is 1. The highest BCUT2D eigenvalue weighted by molar-refractivity contribution is 5.93. The SMILES string of the molecule is Cc1cc(F)ccc1-n1nnc(C(=O)O)c1-c1cccnc1. The topological polar surface area (TPSA) is 80.9 Å². The van der Waals surface area contributed by atoms with Crippen molar-refractivity contribution in [3.8, 4) is 16.9 Å². The molecule has 0 aliphatic heterocycles. The summed E-state index contributed by atoms with van der Waals surface area (Å²) >= 11 is 0. The molecule has 0 aliphatic rings. The molecular formula is C15H11FN4O2. The number of hydrogen-bond donors (Lipinski definition) is 1. The Kier molecular flexibility index (Phi) is 3.38. The van der Waals surface area contributed by atoms with Gasteiger partial charge < -0.3 is 5.11 Å². The average molecular weight is 298 g/mol. The fourth-order valence-electron chi connectivity index (χ4n) is 2.21. The molecule has 0 fully saturated rings. The highest BCUT2D eigenvalue weighted by atomic mass is 19.1. The average Bonchev–Trinajstić information content (AvgIpc) is 2.93. The molecule has 0 spiro atoms. The van der Waals surface area contributed by atoms with Gasteiger partial charge in [0.1, 0.15) is 11.5 Å². The monoisotopic (exact) mass is 298 g/mol. The second-order valence-corrected chi connectivity index (χ2v) is 4.68. The van der Waals surface area contributed by atoms with Crippen molar-refractivity contribution < 1.29 is 14.3 Å². The van der Waals surface area contributed by atoms with Crippen LogP contribution in [-0.4, -0.2) is 31.1 Å². The van der Waals surface area contributed by atoms with Crippen LogP contribution in [0, 0.1) is 12.7 Å². The molecule has 2 aromatic heterocycles. The van der Waals surface area contributed by atoms with Gasteiger partial charge in [-0.2, -0.15) is 0 Å². The Bertz CT molecular complexity index is 846. The third-order valence-corrected chi connectivity index (χ3v) is 3.19. The molecule has 0 amide bonds. The van der Waals surface area contributed by atoms with Crippen molar-refractivity contribution in [3.05, 3.63) is 59.8 Å². The first-order valence-corrected chi connectivity index (χ1v) is 6.44. The van der Waals surface area contributed by atoms with E-state index < -0.39 is 5.97 Å². The number of benzene rings is 1. The van der Waals surface area contributed by atoms with Crippen molar-refractivity contribution in [3.63, 3.8) is 0 Å². The third-order valence-electron chi connectivity index (χ3n) is 3.19. The van der Waals surface area contributed by atoms with E-state index in [0.717, 1.165) is 0 Å². The molecule has 6 nitrogen and oxygen atoms in total. The van der Waals surface area contributed by atoms with E-state index in [1.165, 1.54) is 29.1 Å². The Balaban J connectivity index is 2.27. The van der Waals surface area contributed by atoms with Crippen LogP contribution < -0.4 is 0 Å². The molecule has 110 valence electrons. The number of nitrogens with zero attached hydrogens (tertiary/aromatic N) is 4. The van der Waals surface area contributed by atoms with Crippen molar-refractivity contribution in [2.45, 2.75) is 6.92 Å². The van der Waals surface area contributed by atoms with Crippen molar-refractivity contribution in [2.24, 2.45) is 0 Å². The van der Waals surface area contributed by atoms with Crippen LogP contribution in [0.3, 0.4) is 0 Å². The molecule has 0 atom stereocenters. The first-order valence-electron chi connectivity index (χ1n) is 6.44. The van der Waals surface area contributed by atoms with E-state index in [1.54, 1.807) is 25.3 Å². The minimum absolute atomic E-state index is 0.184. The second-order valence-electron chi connectivity index (χ2n) is 4.68. The number of rotatable bonds is 3. The number of aromatic nitrogens is 4. The van der Waals surface area contributed by atoms with E-state index in [1.807, 2.05) is 0 Å². The maximum absolute atomic E-state index is 13.3. The summed E-state index contributed by atoms with van der Waals surface area (Å²) < 4.78 is 14.7. The molecule has 1 aromatic carbocycles. The Morgan fingerprint density at radius 2 is 2.14 bits per heavy atom. The van der Waals surface area contributed by atoms with Crippen LogP contribution in [0.2, 0.25) is 0 Å². The van der Waals surface area contributed by atoms with Crippen LogP contribution in [0.25, 0.3) is 16.9 Å². The molecule has 0 radical (unpaired) electrons. The normalized spacial score (nSPS) is 10.6. The van der Waals surface area contributed by atoms with Gasteiger partial charge in [0, 0.05) is 18.0 Å². The summed E-state index contributed by atoms with van der Waals surface area (Å²) in [4.78, 5) is 15.4. The Hall–Kier alpha value is -3.09. The molecular weight excluding hydrogens is 287 g/mol. The van der Waals surface area contributed by atoms with Gasteiger partial charge in [-0.3, -0.25) is 4.98 Å². The van der Waals surface area contributed by atoms with Crippen molar-refractivity contribution >= 4 is 5.97 Å². The number of aryl methyl sites for hydroxylation is 1. The zero-order chi connectivity index (χ0) is 15.7. The molecule has 0 unspecified atom stereocenters. The number of aromatic carboxylic acids is 1. The van der Waals surface area contributed by atoms with Gasteiger partial charge in [0.25, 0.3) is 0 Å². The van der Waals surface area contributed by atoms with E-state index >= 15 is 0 Å². The van der Waals surface area contributed by atoms with Gasteiger partial charge in [-0.1, -0.05) is 5.21 Å². The first kappa shape index (κ1) is 13.9. The summed E-state index contributed by atoms with van der Waals surface area (Å²) in [5, 5.41) is 16.9. The molecule has 22 heavy (non-hydrogen) atoms. The van der Waals surface area contributed by atoms with Crippen LogP contribution in [-0.2, 0) is 0 Å². The number of carboxylic acids is 1. The van der Waals surface area contributed by atoms with Gasteiger partial charge in [-0.05, 0) is 42.8 Å². The van der Waals surface area contributed by atoms with Crippen LogP contribution in [0.15, 0.2) is 42.7 Å². The Morgan fingerprint density at radius 3 is 2.77 bits per heavy atom. The highest BCUT2D eigenvalue weighted by Gasteiger charge is 2.22. The zero-order valence-electron chi connectivity index (χ0n) is 11.6. The Labute approximate surface area is 124 Å². The first-order chi connectivity index (χ1) is 10.6. The zero-order valence-corrected chi connectivity index (χ0v) is 11.6. The molecule has 2 heterocycles. The minimum atomic E-state index is -1.19. The molecule has 0 saturated heterocycles. The molecule has 0 aliphatic carbocycles. The summed E-state index contributed by atoms with van der Waals surface area (Å²) in [5.41, 5.74) is 1.85. The van der Waals surface area contributed by atoms with Crippen LogP contribution in [0.1, 0.15) is 16.1 Å². The minimum Gasteiger partial charge on any atom is -0.476 e. The van der Waals surface area contributed by atoms with Crippen molar-refractivity contribution in [1.29, 1.82) is 0 Å². The lowest BCUT2D eigenvalue weighted by Crippen LogP contribution is -2.05. The van der Waals surface area contributed by atoms with E-state index in [9.17, 15) is 14.3 Å². The predicted molar refractivity (Wildman–Crippen MR) is 76.2 cm³/mol. The second kappa shape index (κ2) is 5.36. The number of carboxylic acid groups (broad SMARTS) is 1. The standard InChI is InChI=1S/C15H11FN4O2/c1-9-7-11(16)4-5-12(9)20-14(10-3-2-6-17-8-10)13(15(21)22)18-19-20/h2-8H,1H3,(H,21,22). The lowest BCUT2D eigenvalue weighted by molar-refractivity contribution is 0.0691. The van der Waals surface area contributed by atoms with Gasteiger partial charge in [0.05, 0.1) is 5.69 Å². The van der Waals surface area contributed by atoms with E-state index in [4.69, 9.17) is 0 Å². The predicted octanol–water partition coefficient (Wildman–Crippen LogP) is 2.48. The molecule has 0 bridgehead atoms. The number of carbonyl (C=O) groups is 1. The Morgan fingerprint density at radius 1 is 1.32 bits per heavy atom. The van der Waals surface area contributed by atoms with Crippen LogP contribution in [0.4, 0.5) is 4.39 Å². The summed E-state index contributed by atoms with van der Waals surface area (Å²) in [5.74, 6) is -1.56. The van der Waals surface area contributed by atoms with E-state index in [2.05, 4.69) is 15.3 Å². The summed E-state index contributed by atoms with van der Waals surface area (Å²) in [6.45, 7) is 1.72. The summed E-state index contributed by atoms with van der Waals surface area (Å²) in [6, 6.07) is 7.58. The lowest BCUT2D eigenvalue weighted by Gasteiger charge is -2.09. The summed E-state index contributed by atoms with van der Waals surface area (Å²) in [6.07, 6.45) is 3.11. The van der Waals surface area contributed by atoms with Crippen LogP contribution >= 0.6 is 0 Å². The van der Waals surface area contributed by atoms with Gasteiger partial charge in [0.15, 0.2) is 5.69 Å².